The lowest BCUT2D eigenvalue weighted by Crippen LogP contribution is -2.30. The number of halogens is 1. The molecule has 1 saturated heterocycles. The van der Waals surface area contributed by atoms with Crippen LogP contribution in [0.5, 0.6) is 0 Å². The van der Waals surface area contributed by atoms with Crippen LogP contribution >= 0.6 is 23.7 Å². The average molecular weight is 261 g/mol. The predicted octanol–water partition coefficient (Wildman–Crippen LogP) is 2.04. The third-order valence-electron chi connectivity index (χ3n) is 2.72. The van der Waals surface area contributed by atoms with Gasteiger partial charge < -0.3 is 10.6 Å². The van der Waals surface area contributed by atoms with Gasteiger partial charge in [-0.25, -0.2) is 0 Å². The number of carbonyl (C=O) groups excluding carboxylic acids is 1. The van der Waals surface area contributed by atoms with E-state index >= 15 is 0 Å². The van der Waals surface area contributed by atoms with Crippen molar-refractivity contribution in [3.05, 3.63) is 22.4 Å². The molecule has 1 fully saturated rings. The highest BCUT2D eigenvalue weighted by Crippen LogP contribution is 2.08. The topological polar surface area (TPSA) is 41.1 Å². The van der Waals surface area contributed by atoms with E-state index in [1.165, 1.54) is 12.8 Å². The van der Waals surface area contributed by atoms with Gasteiger partial charge in [0.1, 0.15) is 0 Å². The summed E-state index contributed by atoms with van der Waals surface area (Å²) in [5.74, 6) is 0.0502. The average Bonchev–Trinajstić information content (AvgIpc) is 2.90. The molecule has 0 aromatic carbocycles. The number of amides is 1. The molecule has 0 unspecified atom stereocenters. The van der Waals surface area contributed by atoms with Gasteiger partial charge in [-0.15, -0.1) is 12.4 Å². The molecule has 1 atom stereocenters. The summed E-state index contributed by atoms with van der Waals surface area (Å²) in [7, 11) is 0. The molecule has 3 nitrogen and oxygen atoms in total. The van der Waals surface area contributed by atoms with E-state index in [9.17, 15) is 4.79 Å². The second kappa shape index (κ2) is 6.89. The molecule has 1 aromatic heterocycles. The molecule has 0 radical (unpaired) electrons. The molecule has 5 heteroatoms. The Bertz CT molecular complexity index is 310. The standard InChI is InChI=1S/C11H16N2OS.ClH/c14-11(9-4-7-15-8-9)13-6-3-10-2-1-5-12-10;/h4,7-8,10,12H,1-3,5-6H2,(H,13,14);1H/t10-;/m1./s1. The smallest absolute Gasteiger partial charge is 0.252 e. The van der Waals surface area contributed by atoms with Gasteiger partial charge in [-0.1, -0.05) is 0 Å². The van der Waals surface area contributed by atoms with Gasteiger partial charge in [0, 0.05) is 23.5 Å². The minimum absolute atomic E-state index is 0. The number of nitrogens with one attached hydrogen (secondary N) is 2. The maximum Gasteiger partial charge on any atom is 0.252 e. The van der Waals surface area contributed by atoms with Crippen LogP contribution in [0, 0.1) is 0 Å². The van der Waals surface area contributed by atoms with Crippen LogP contribution in [0.4, 0.5) is 0 Å². The third kappa shape index (κ3) is 3.77. The van der Waals surface area contributed by atoms with Crippen molar-refractivity contribution in [1.29, 1.82) is 0 Å². The summed E-state index contributed by atoms with van der Waals surface area (Å²) in [5, 5.41) is 10.2. The van der Waals surface area contributed by atoms with E-state index in [1.807, 2.05) is 16.8 Å². The monoisotopic (exact) mass is 260 g/mol. The highest BCUT2D eigenvalue weighted by molar-refractivity contribution is 7.08. The zero-order valence-electron chi connectivity index (χ0n) is 9.07. The molecule has 16 heavy (non-hydrogen) atoms. The second-order valence-electron chi connectivity index (χ2n) is 3.85. The molecule has 1 aliphatic rings. The number of hydrogen-bond acceptors (Lipinski definition) is 3. The molecule has 90 valence electrons. The third-order valence-corrected chi connectivity index (χ3v) is 3.41. The highest BCUT2D eigenvalue weighted by atomic mass is 35.5. The maximum atomic E-state index is 11.6. The van der Waals surface area contributed by atoms with Crippen molar-refractivity contribution in [2.24, 2.45) is 0 Å². The molecule has 1 aromatic rings. The van der Waals surface area contributed by atoms with Gasteiger partial charge in [-0.2, -0.15) is 11.3 Å². The van der Waals surface area contributed by atoms with E-state index in [1.54, 1.807) is 11.3 Å². The molecule has 2 rings (SSSR count). The van der Waals surface area contributed by atoms with Crippen molar-refractivity contribution in [1.82, 2.24) is 10.6 Å². The minimum Gasteiger partial charge on any atom is -0.352 e. The normalized spacial score (nSPS) is 19.1. The van der Waals surface area contributed by atoms with Gasteiger partial charge in [0.2, 0.25) is 0 Å². The zero-order chi connectivity index (χ0) is 10.5. The quantitative estimate of drug-likeness (QED) is 0.870. The molecule has 2 N–H and O–H groups in total. The van der Waals surface area contributed by atoms with Crippen molar-refractivity contribution in [3.8, 4) is 0 Å². The Kier molecular flexibility index (Phi) is 5.80. The molecule has 1 aliphatic heterocycles. The predicted molar refractivity (Wildman–Crippen MR) is 69.5 cm³/mol. The van der Waals surface area contributed by atoms with E-state index in [-0.39, 0.29) is 18.3 Å². The van der Waals surface area contributed by atoms with Crippen LogP contribution in [0.3, 0.4) is 0 Å². The number of hydrogen-bond donors (Lipinski definition) is 2. The largest absolute Gasteiger partial charge is 0.352 e. The first-order valence-electron chi connectivity index (χ1n) is 5.40. The van der Waals surface area contributed by atoms with Gasteiger partial charge in [0.15, 0.2) is 0 Å². The molecule has 0 saturated carbocycles. The van der Waals surface area contributed by atoms with E-state index in [0.29, 0.717) is 6.04 Å². The van der Waals surface area contributed by atoms with E-state index in [2.05, 4.69) is 10.6 Å². The molecule has 1 amide bonds. The molecule has 0 bridgehead atoms. The number of rotatable bonds is 4. The fraction of sp³-hybridized carbons (Fsp3) is 0.545. The van der Waals surface area contributed by atoms with Gasteiger partial charge in [0.25, 0.3) is 5.91 Å². The van der Waals surface area contributed by atoms with Gasteiger partial charge >= 0.3 is 0 Å². The summed E-state index contributed by atoms with van der Waals surface area (Å²) < 4.78 is 0. The van der Waals surface area contributed by atoms with Crippen LogP contribution in [0.15, 0.2) is 16.8 Å². The van der Waals surface area contributed by atoms with Crippen LogP contribution in [-0.4, -0.2) is 25.0 Å². The Morgan fingerprint density at radius 1 is 1.62 bits per heavy atom. The van der Waals surface area contributed by atoms with Gasteiger partial charge in [-0.05, 0) is 37.3 Å². The van der Waals surface area contributed by atoms with Crippen molar-refractivity contribution in [3.63, 3.8) is 0 Å². The lowest BCUT2D eigenvalue weighted by molar-refractivity contribution is 0.0953. The van der Waals surface area contributed by atoms with Crippen LogP contribution in [0.1, 0.15) is 29.6 Å². The fourth-order valence-electron chi connectivity index (χ4n) is 1.86. The first kappa shape index (κ1) is 13.5. The van der Waals surface area contributed by atoms with Gasteiger partial charge in [0.05, 0.1) is 0 Å². The van der Waals surface area contributed by atoms with Gasteiger partial charge in [-0.3, -0.25) is 4.79 Å². The molecule has 0 spiro atoms. The fourth-order valence-corrected chi connectivity index (χ4v) is 2.49. The maximum absolute atomic E-state index is 11.6. The minimum atomic E-state index is 0. The van der Waals surface area contributed by atoms with Crippen LogP contribution < -0.4 is 10.6 Å². The lowest BCUT2D eigenvalue weighted by Gasteiger charge is -2.10. The SMILES string of the molecule is Cl.O=C(NCC[C@H]1CCCN1)c1ccsc1. The number of thiophene rings is 1. The first-order valence-corrected chi connectivity index (χ1v) is 6.34. The zero-order valence-corrected chi connectivity index (χ0v) is 10.7. The number of carbonyl (C=O) groups is 1. The summed E-state index contributed by atoms with van der Waals surface area (Å²) in [6, 6.07) is 2.46. The van der Waals surface area contributed by atoms with Crippen molar-refractivity contribution in [2.45, 2.75) is 25.3 Å². The lowest BCUT2D eigenvalue weighted by atomic mass is 10.1. The van der Waals surface area contributed by atoms with Crippen LogP contribution in [0.2, 0.25) is 0 Å². The molecule has 0 aliphatic carbocycles. The Labute approximate surface area is 106 Å². The summed E-state index contributed by atoms with van der Waals surface area (Å²) in [6.07, 6.45) is 3.55. The molecular weight excluding hydrogens is 244 g/mol. The molecule has 2 heterocycles. The first-order chi connectivity index (χ1) is 7.36. The van der Waals surface area contributed by atoms with E-state index < -0.39 is 0 Å². The Morgan fingerprint density at radius 2 is 2.50 bits per heavy atom. The van der Waals surface area contributed by atoms with E-state index in [4.69, 9.17) is 0 Å². The highest BCUT2D eigenvalue weighted by Gasteiger charge is 2.13. The Hall–Kier alpha value is -0.580. The summed E-state index contributed by atoms with van der Waals surface area (Å²) in [4.78, 5) is 11.6. The Morgan fingerprint density at radius 3 is 3.12 bits per heavy atom. The summed E-state index contributed by atoms with van der Waals surface area (Å²) in [5.41, 5.74) is 0.777. The summed E-state index contributed by atoms with van der Waals surface area (Å²) >= 11 is 1.55. The second-order valence-corrected chi connectivity index (χ2v) is 4.63. The Balaban J connectivity index is 0.00000128. The van der Waals surface area contributed by atoms with Crippen molar-refractivity contribution >= 4 is 29.7 Å². The molecular formula is C11H17ClN2OS. The summed E-state index contributed by atoms with van der Waals surface area (Å²) in [6.45, 7) is 1.90. The van der Waals surface area contributed by atoms with Crippen LogP contribution in [0.25, 0.3) is 0 Å². The van der Waals surface area contributed by atoms with Crippen molar-refractivity contribution in [2.75, 3.05) is 13.1 Å². The van der Waals surface area contributed by atoms with E-state index in [0.717, 1.165) is 25.1 Å². The van der Waals surface area contributed by atoms with Crippen LogP contribution in [-0.2, 0) is 0 Å². The van der Waals surface area contributed by atoms with Crippen molar-refractivity contribution < 1.29 is 4.79 Å².